The van der Waals surface area contributed by atoms with Gasteiger partial charge in [0.25, 0.3) is 6.43 Å². The number of hydrogen-bond acceptors (Lipinski definition) is 3. The van der Waals surface area contributed by atoms with Gasteiger partial charge in [-0.1, -0.05) is 0 Å². The third-order valence-corrected chi connectivity index (χ3v) is 4.18. The number of aromatic nitrogens is 4. The first kappa shape index (κ1) is 16.6. The highest BCUT2D eigenvalue weighted by Crippen LogP contribution is 2.41. The second-order valence-electron chi connectivity index (χ2n) is 6.14. The van der Waals surface area contributed by atoms with E-state index in [4.69, 9.17) is 0 Å². The largest absolute Gasteiger partial charge is 0.338 e. The van der Waals surface area contributed by atoms with Crippen molar-refractivity contribution in [2.24, 2.45) is 0 Å². The fraction of sp³-hybridized carbons (Fsp3) is 0.562. The first-order chi connectivity index (χ1) is 11.5. The van der Waals surface area contributed by atoms with Crippen LogP contribution in [-0.4, -0.2) is 37.4 Å². The molecule has 8 heteroatoms. The molecular weight excluding hydrogens is 316 g/mol. The van der Waals surface area contributed by atoms with Gasteiger partial charge < -0.3 is 4.90 Å². The summed E-state index contributed by atoms with van der Waals surface area (Å²) in [6.45, 7) is 3.12. The maximum Gasteiger partial charge on any atom is 0.282 e. The molecule has 2 aromatic rings. The Morgan fingerprint density at radius 1 is 1.42 bits per heavy atom. The van der Waals surface area contributed by atoms with Crippen LogP contribution in [-0.2, 0) is 24.4 Å². The van der Waals surface area contributed by atoms with Gasteiger partial charge in [-0.2, -0.15) is 10.2 Å². The van der Waals surface area contributed by atoms with Crippen LogP contribution in [0.25, 0.3) is 0 Å². The third-order valence-electron chi connectivity index (χ3n) is 4.18. The number of alkyl halides is 2. The smallest absolute Gasteiger partial charge is 0.282 e. The Kier molecular flexibility index (Phi) is 4.64. The number of nitrogens with zero attached hydrogens (tertiary/aromatic N) is 5. The Bertz CT molecular complexity index is 720. The molecule has 1 aliphatic carbocycles. The normalized spacial score (nSPS) is 14.4. The van der Waals surface area contributed by atoms with Gasteiger partial charge in [-0.05, 0) is 31.9 Å². The predicted octanol–water partition coefficient (Wildman–Crippen LogP) is 2.57. The molecule has 2 heterocycles. The molecule has 1 aliphatic rings. The van der Waals surface area contributed by atoms with E-state index in [1.807, 2.05) is 19.2 Å². The minimum absolute atomic E-state index is 0.0243. The highest BCUT2D eigenvalue weighted by molar-refractivity contribution is 5.75. The van der Waals surface area contributed by atoms with Crippen LogP contribution < -0.4 is 0 Å². The molecule has 6 nitrogen and oxygen atoms in total. The lowest BCUT2D eigenvalue weighted by Gasteiger charge is -2.16. The molecule has 0 aliphatic heterocycles. The number of aryl methyl sites for hydroxylation is 1. The predicted molar refractivity (Wildman–Crippen MR) is 83.5 cm³/mol. The van der Waals surface area contributed by atoms with Gasteiger partial charge in [0.1, 0.15) is 12.2 Å². The van der Waals surface area contributed by atoms with Crippen molar-refractivity contribution < 1.29 is 13.6 Å². The van der Waals surface area contributed by atoms with Gasteiger partial charge in [-0.3, -0.25) is 14.2 Å². The summed E-state index contributed by atoms with van der Waals surface area (Å²) in [5.74, 6) is 0.0789. The van der Waals surface area contributed by atoms with Gasteiger partial charge in [0.05, 0.1) is 12.2 Å². The highest BCUT2D eigenvalue weighted by Gasteiger charge is 2.30. The Labute approximate surface area is 139 Å². The van der Waals surface area contributed by atoms with Crippen LogP contribution in [0.3, 0.4) is 0 Å². The summed E-state index contributed by atoms with van der Waals surface area (Å²) in [7, 11) is 1.68. The fourth-order valence-corrected chi connectivity index (χ4v) is 2.64. The summed E-state index contributed by atoms with van der Waals surface area (Å²) in [6.07, 6.45) is 1.18. The van der Waals surface area contributed by atoms with E-state index < -0.39 is 6.43 Å². The van der Waals surface area contributed by atoms with Gasteiger partial charge in [-0.15, -0.1) is 0 Å². The Morgan fingerprint density at radius 3 is 2.75 bits per heavy atom. The SMILES string of the molecule is CCn1ccc(CN(C)C(=O)Cn2nc(C(F)F)cc2C2CC2)n1. The van der Waals surface area contributed by atoms with Crippen LogP contribution in [0, 0.1) is 0 Å². The van der Waals surface area contributed by atoms with Crippen LogP contribution >= 0.6 is 0 Å². The van der Waals surface area contributed by atoms with Gasteiger partial charge in [0, 0.05) is 31.4 Å². The molecule has 0 spiro atoms. The van der Waals surface area contributed by atoms with Gasteiger partial charge in [0.2, 0.25) is 5.91 Å². The maximum atomic E-state index is 12.9. The van der Waals surface area contributed by atoms with Crippen molar-refractivity contribution in [3.63, 3.8) is 0 Å². The van der Waals surface area contributed by atoms with Crippen molar-refractivity contribution in [3.05, 3.63) is 35.4 Å². The van der Waals surface area contributed by atoms with E-state index in [-0.39, 0.29) is 24.1 Å². The Morgan fingerprint density at radius 2 is 2.17 bits per heavy atom. The van der Waals surface area contributed by atoms with Crippen molar-refractivity contribution in [2.75, 3.05) is 7.05 Å². The average Bonchev–Trinajstić information content (AvgIpc) is 3.14. The number of carbonyl (C=O) groups is 1. The number of rotatable bonds is 7. The molecule has 2 aromatic heterocycles. The first-order valence-electron chi connectivity index (χ1n) is 8.10. The van der Waals surface area contributed by atoms with E-state index in [0.29, 0.717) is 6.54 Å². The molecule has 1 saturated carbocycles. The van der Waals surface area contributed by atoms with Crippen LogP contribution in [0.15, 0.2) is 18.3 Å². The number of carbonyl (C=O) groups excluding carboxylic acids is 1. The summed E-state index contributed by atoms with van der Waals surface area (Å²) >= 11 is 0. The minimum atomic E-state index is -2.62. The fourth-order valence-electron chi connectivity index (χ4n) is 2.64. The lowest BCUT2D eigenvalue weighted by molar-refractivity contribution is -0.131. The molecule has 1 amide bonds. The molecule has 0 N–H and O–H groups in total. The zero-order valence-electron chi connectivity index (χ0n) is 13.8. The van der Waals surface area contributed by atoms with E-state index >= 15 is 0 Å². The number of hydrogen-bond donors (Lipinski definition) is 0. The molecule has 130 valence electrons. The van der Waals surface area contributed by atoms with Gasteiger partial charge in [0.15, 0.2) is 0 Å². The van der Waals surface area contributed by atoms with Gasteiger partial charge >= 0.3 is 0 Å². The topological polar surface area (TPSA) is 56.0 Å². The molecule has 0 aromatic carbocycles. The van der Waals surface area contributed by atoms with E-state index in [0.717, 1.165) is 30.8 Å². The van der Waals surface area contributed by atoms with Crippen LogP contribution in [0.2, 0.25) is 0 Å². The number of likely N-dealkylation sites (N-methyl/N-ethyl adjacent to an activating group) is 1. The quantitative estimate of drug-likeness (QED) is 0.780. The molecule has 0 atom stereocenters. The molecule has 24 heavy (non-hydrogen) atoms. The summed E-state index contributed by atoms with van der Waals surface area (Å²) in [5, 5.41) is 8.26. The summed E-state index contributed by atoms with van der Waals surface area (Å²) in [6, 6.07) is 3.30. The minimum Gasteiger partial charge on any atom is -0.338 e. The standard InChI is InChI=1S/C16H21F2N5O/c1-3-22-7-6-12(19-22)9-21(2)15(24)10-23-14(11-4-5-11)8-13(20-23)16(17)18/h6-8,11,16H,3-5,9-10H2,1-2H3. The first-order valence-corrected chi connectivity index (χ1v) is 8.10. The van der Waals surface area contributed by atoms with Crippen LogP contribution in [0.1, 0.15) is 49.2 Å². The molecule has 1 fully saturated rings. The van der Waals surface area contributed by atoms with E-state index in [9.17, 15) is 13.6 Å². The van der Waals surface area contributed by atoms with Crippen molar-refractivity contribution in [1.82, 2.24) is 24.5 Å². The second-order valence-corrected chi connectivity index (χ2v) is 6.14. The third kappa shape index (κ3) is 3.63. The maximum absolute atomic E-state index is 12.9. The van der Waals surface area contributed by atoms with Crippen molar-refractivity contribution in [3.8, 4) is 0 Å². The van der Waals surface area contributed by atoms with Gasteiger partial charge in [-0.25, -0.2) is 8.78 Å². The molecule has 0 radical (unpaired) electrons. The van der Waals surface area contributed by atoms with Crippen molar-refractivity contribution in [1.29, 1.82) is 0 Å². The molecule has 0 saturated heterocycles. The molecule has 3 rings (SSSR count). The van der Waals surface area contributed by atoms with Crippen molar-refractivity contribution >= 4 is 5.91 Å². The zero-order chi connectivity index (χ0) is 17.3. The summed E-state index contributed by atoms with van der Waals surface area (Å²) in [5.41, 5.74) is 1.28. The summed E-state index contributed by atoms with van der Waals surface area (Å²) < 4.78 is 29.0. The monoisotopic (exact) mass is 337 g/mol. The Balaban J connectivity index is 1.67. The number of halogens is 2. The molecule has 0 bridgehead atoms. The lowest BCUT2D eigenvalue weighted by Crippen LogP contribution is -2.30. The molecule has 0 unspecified atom stereocenters. The zero-order valence-corrected chi connectivity index (χ0v) is 13.8. The van der Waals surface area contributed by atoms with E-state index in [2.05, 4.69) is 10.2 Å². The highest BCUT2D eigenvalue weighted by atomic mass is 19.3. The summed E-state index contributed by atoms with van der Waals surface area (Å²) in [4.78, 5) is 14.0. The average molecular weight is 337 g/mol. The van der Waals surface area contributed by atoms with Crippen LogP contribution in [0.4, 0.5) is 8.78 Å². The second kappa shape index (κ2) is 6.70. The van der Waals surface area contributed by atoms with E-state index in [1.165, 1.54) is 10.7 Å². The van der Waals surface area contributed by atoms with E-state index in [1.54, 1.807) is 16.6 Å². The number of amides is 1. The van der Waals surface area contributed by atoms with Crippen LogP contribution in [0.5, 0.6) is 0 Å². The lowest BCUT2D eigenvalue weighted by atomic mass is 10.2. The Hall–Kier alpha value is -2.25. The van der Waals surface area contributed by atoms with Crippen molar-refractivity contribution in [2.45, 2.75) is 51.7 Å². The molecular formula is C16H21F2N5O.